The van der Waals surface area contributed by atoms with Gasteiger partial charge in [0.05, 0.1) is 8.95 Å². The molecule has 3 aromatic carbocycles. The van der Waals surface area contributed by atoms with Gasteiger partial charge >= 0.3 is 0 Å². The number of halogens is 3. The molecule has 3 rings (SSSR count). The van der Waals surface area contributed by atoms with E-state index in [1.54, 1.807) is 0 Å². The topological polar surface area (TPSA) is 21.3 Å². The first-order valence-electron chi connectivity index (χ1n) is 7.76. The van der Waals surface area contributed by atoms with Gasteiger partial charge in [-0.1, -0.05) is 41.9 Å². The molecule has 0 aliphatic carbocycles. The van der Waals surface area contributed by atoms with Crippen LogP contribution in [0.25, 0.3) is 0 Å². The van der Waals surface area contributed by atoms with Crippen LogP contribution in [0.5, 0.6) is 5.75 Å². The molecule has 0 fully saturated rings. The molecule has 0 aliphatic rings. The molecule has 25 heavy (non-hydrogen) atoms. The van der Waals surface area contributed by atoms with Crippen molar-refractivity contribution in [1.29, 1.82) is 0 Å². The van der Waals surface area contributed by atoms with Gasteiger partial charge in [0.25, 0.3) is 0 Å². The third-order valence-electron chi connectivity index (χ3n) is 3.62. The van der Waals surface area contributed by atoms with E-state index in [1.165, 1.54) is 0 Å². The maximum absolute atomic E-state index is 5.95. The molecule has 128 valence electrons. The zero-order valence-electron chi connectivity index (χ0n) is 13.3. The molecule has 0 unspecified atom stereocenters. The van der Waals surface area contributed by atoms with Crippen LogP contribution in [0.4, 0.5) is 5.69 Å². The number of rotatable bonds is 6. The fourth-order valence-corrected chi connectivity index (χ4v) is 3.98. The highest BCUT2D eigenvalue weighted by atomic mass is 79.9. The SMILES string of the molecule is Clc1ccc(COc2c(Br)cc(CNc3ccccc3)cc2Br)cc1. The van der Waals surface area contributed by atoms with Crippen molar-refractivity contribution in [3.63, 3.8) is 0 Å². The molecule has 0 bridgehead atoms. The van der Waals surface area contributed by atoms with Crippen molar-refractivity contribution in [2.75, 3.05) is 5.32 Å². The molecule has 0 saturated heterocycles. The van der Waals surface area contributed by atoms with Gasteiger partial charge in [-0.3, -0.25) is 0 Å². The van der Waals surface area contributed by atoms with Gasteiger partial charge in [-0.2, -0.15) is 0 Å². The van der Waals surface area contributed by atoms with Crippen LogP contribution >= 0.6 is 43.5 Å². The summed E-state index contributed by atoms with van der Waals surface area (Å²) in [6.07, 6.45) is 0. The van der Waals surface area contributed by atoms with E-state index in [0.717, 1.165) is 43.1 Å². The zero-order chi connectivity index (χ0) is 17.6. The summed E-state index contributed by atoms with van der Waals surface area (Å²) in [5, 5.41) is 4.13. The van der Waals surface area contributed by atoms with E-state index < -0.39 is 0 Å². The molecule has 1 N–H and O–H groups in total. The minimum absolute atomic E-state index is 0.482. The van der Waals surface area contributed by atoms with Crippen LogP contribution < -0.4 is 10.1 Å². The Hall–Kier alpha value is -1.49. The monoisotopic (exact) mass is 479 g/mol. The number of hydrogen-bond acceptors (Lipinski definition) is 2. The molecule has 0 atom stereocenters. The molecule has 3 aromatic rings. The average molecular weight is 482 g/mol. The van der Waals surface area contributed by atoms with Gasteiger partial charge in [0.15, 0.2) is 0 Å². The predicted molar refractivity (Wildman–Crippen MR) is 111 cm³/mol. The molecule has 0 heterocycles. The van der Waals surface area contributed by atoms with Crippen molar-refractivity contribution in [2.24, 2.45) is 0 Å². The number of hydrogen-bond donors (Lipinski definition) is 1. The van der Waals surface area contributed by atoms with Crippen molar-refractivity contribution in [2.45, 2.75) is 13.2 Å². The van der Waals surface area contributed by atoms with Crippen LogP contribution in [0.3, 0.4) is 0 Å². The van der Waals surface area contributed by atoms with E-state index in [0.29, 0.717) is 6.61 Å². The summed E-state index contributed by atoms with van der Waals surface area (Å²) in [5.41, 5.74) is 3.32. The van der Waals surface area contributed by atoms with E-state index >= 15 is 0 Å². The van der Waals surface area contributed by atoms with Crippen molar-refractivity contribution >= 4 is 49.1 Å². The highest BCUT2D eigenvalue weighted by Crippen LogP contribution is 2.35. The highest BCUT2D eigenvalue weighted by molar-refractivity contribution is 9.11. The largest absolute Gasteiger partial charge is 0.487 e. The number of para-hydroxylation sites is 1. The average Bonchev–Trinajstić information content (AvgIpc) is 2.62. The second kappa shape index (κ2) is 8.75. The van der Waals surface area contributed by atoms with E-state index in [-0.39, 0.29) is 0 Å². The van der Waals surface area contributed by atoms with Gasteiger partial charge < -0.3 is 10.1 Å². The first-order valence-corrected chi connectivity index (χ1v) is 9.72. The minimum atomic E-state index is 0.482. The summed E-state index contributed by atoms with van der Waals surface area (Å²) in [6.45, 7) is 1.22. The van der Waals surface area contributed by atoms with Gasteiger partial charge in [-0.15, -0.1) is 0 Å². The van der Waals surface area contributed by atoms with Crippen LogP contribution in [-0.2, 0) is 13.2 Å². The molecule has 5 heteroatoms. The fraction of sp³-hybridized carbons (Fsp3) is 0.100. The summed E-state index contributed by atoms with van der Waals surface area (Å²) < 4.78 is 7.79. The zero-order valence-corrected chi connectivity index (χ0v) is 17.2. The molecule has 0 amide bonds. The molecule has 2 nitrogen and oxygen atoms in total. The predicted octanol–water partition coefficient (Wildman–Crippen LogP) is 7.06. The molecule has 0 aromatic heterocycles. The smallest absolute Gasteiger partial charge is 0.148 e. The highest BCUT2D eigenvalue weighted by Gasteiger charge is 2.09. The normalized spacial score (nSPS) is 10.5. The van der Waals surface area contributed by atoms with Crippen LogP contribution in [0.2, 0.25) is 5.02 Å². The van der Waals surface area contributed by atoms with Gasteiger partial charge in [0, 0.05) is 17.3 Å². The van der Waals surface area contributed by atoms with Gasteiger partial charge in [-0.25, -0.2) is 0 Å². The van der Waals surface area contributed by atoms with Gasteiger partial charge in [0.1, 0.15) is 12.4 Å². The van der Waals surface area contributed by atoms with Crippen LogP contribution in [-0.4, -0.2) is 0 Å². The number of ether oxygens (including phenoxy) is 1. The van der Waals surface area contributed by atoms with Crippen molar-refractivity contribution < 1.29 is 4.74 Å². The summed E-state index contributed by atoms with van der Waals surface area (Å²) in [5.74, 6) is 0.790. The van der Waals surface area contributed by atoms with Crippen LogP contribution in [0.1, 0.15) is 11.1 Å². The molecule has 0 spiro atoms. The summed E-state index contributed by atoms with van der Waals surface area (Å²) in [7, 11) is 0. The third-order valence-corrected chi connectivity index (χ3v) is 5.05. The fourth-order valence-electron chi connectivity index (χ4n) is 2.35. The lowest BCUT2D eigenvalue weighted by Crippen LogP contribution is -2.01. The van der Waals surface area contributed by atoms with Crippen LogP contribution in [0.15, 0.2) is 75.7 Å². The van der Waals surface area contributed by atoms with E-state index in [4.69, 9.17) is 16.3 Å². The Morgan fingerprint density at radius 2 is 1.48 bits per heavy atom. The number of anilines is 1. The minimum Gasteiger partial charge on any atom is -0.487 e. The Morgan fingerprint density at radius 3 is 2.12 bits per heavy atom. The van der Waals surface area contributed by atoms with E-state index in [9.17, 15) is 0 Å². The van der Waals surface area contributed by atoms with Crippen molar-refractivity contribution in [3.05, 3.63) is 91.8 Å². The maximum Gasteiger partial charge on any atom is 0.148 e. The Labute approximate surface area is 169 Å². The third kappa shape index (κ3) is 5.24. The van der Waals surface area contributed by atoms with Crippen LogP contribution in [0, 0.1) is 0 Å². The van der Waals surface area contributed by atoms with Crippen molar-refractivity contribution in [3.8, 4) is 5.75 Å². The van der Waals surface area contributed by atoms with E-state index in [2.05, 4.69) is 49.3 Å². The summed E-state index contributed by atoms with van der Waals surface area (Å²) >= 11 is 13.1. The Bertz CT molecular complexity index is 815. The number of nitrogens with one attached hydrogen (secondary N) is 1. The quantitative estimate of drug-likeness (QED) is 0.407. The Balaban J connectivity index is 1.66. The first kappa shape index (κ1) is 18.3. The Morgan fingerprint density at radius 1 is 0.840 bits per heavy atom. The summed E-state index contributed by atoms with van der Waals surface area (Å²) in [6, 6.07) is 21.9. The second-order valence-corrected chi connectivity index (χ2v) is 7.67. The van der Waals surface area contributed by atoms with Gasteiger partial charge in [0.2, 0.25) is 0 Å². The lowest BCUT2D eigenvalue weighted by atomic mass is 10.2. The maximum atomic E-state index is 5.95. The molecule has 0 saturated carbocycles. The number of benzene rings is 3. The standard InChI is InChI=1S/C20H16Br2ClNO/c21-18-10-15(12-24-17-4-2-1-3-5-17)11-19(22)20(18)25-13-14-6-8-16(23)9-7-14/h1-11,24H,12-13H2. The molecule has 0 aliphatic heterocycles. The molecular weight excluding hydrogens is 465 g/mol. The molecule has 0 radical (unpaired) electrons. The Kier molecular flexibility index (Phi) is 6.40. The van der Waals surface area contributed by atoms with Gasteiger partial charge in [-0.05, 0) is 79.4 Å². The first-order chi connectivity index (χ1) is 12.1. The molecular formula is C20H16Br2ClNO. The summed E-state index contributed by atoms with van der Waals surface area (Å²) in [4.78, 5) is 0. The lowest BCUT2D eigenvalue weighted by molar-refractivity contribution is 0.302. The van der Waals surface area contributed by atoms with E-state index in [1.807, 2.05) is 54.6 Å². The second-order valence-electron chi connectivity index (χ2n) is 5.52. The lowest BCUT2D eigenvalue weighted by Gasteiger charge is -2.13. The van der Waals surface area contributed by atoms with Crippen molar-refractivity contribution in [1.82, 2.24) is 0 Å².